The first-order valence-electron chi connectivity index (χ1n) is 8.61. The van der Waals surface area contributed by atoms with Crippen molar-refractivity contribution >= 4 is 17.6 Å². The lowest BCUT2D eigenvalue weighted by Crippen LogP contribution is -2.03. The smallest absolute Gasteiger partial charge is 0.339 e. The van der Waals surface area contributed by atoms with Gasteiger partial charge in [-0.25, -0.2) is 9.48 Å². The van der Waals surface area contributed by atoms with Gasteiger partial charge >= 0.3 is 5.97 Å². The van der Waals surface area contributed by atoms with Crippen molar-refractivity contribution in [1.82, 2.24) is 9.78 Å². The summed E-state index contributed by atoms with van der Waals surface area (Å²) in [5, 5.41) is 14.8. The number of carboxylic acid groups (broad SMARTS) is 1. The normalized spacial score (nSPS) is 12.2. The lowest BCUT2D eigenvalue weighted by atomic mass is 9.98. The summed E-state index contributed by atoms with van der Waals surface area (Å²) >= 11 is 5.99. The van der Waals surface area contributed by atoms with Crippen LogP contribution in [0, 0.1) is 6.92 Å². The van der Waals surface area contributed by atoms with Crippen molar-refractivity contribution in [1.29, 1.82) is 0 Å². The molecule has 0 spiro atoms. The van der Waals surface area contributed by atoms with Gasteiger partial charge in [0.25, 0.3) is 0 Å². The number of aromatic nitrogens is 2. The van der Waals surface area contributed by atoms with Crippen molar-refractivity contribution in [2.24, 2.45) is 0 Å². The van der Waals surface area contributed by atoms with E-state index in [1.54, 1.807) is 23.7 Å². The van der Waals surface area contributed by atoms with Gasteiger partial charge in [-0.15, -0.1) is 0 Å². The van der Waals surface area contributed by atoms with Gasteiger partial charge in [-0.05, 0) is 49.1 Å². The van der Waals surface area contributed by atoms with E-state index in [0.717, 1.165) is 17.7 Å². The van der Waals surface area contributed by atoms with Gasteiger partial charge in [0.15, 0.2) is 0 Å². The van der Waals surface area contributed by atoms with Crippen LogP contribution in [0.4, 0.5) is 0 Å². The van der Waals surface area contributed by atoms with Crippen LogP contribution in [0.1, 0.15) is 47.8 Å². The third-order valence-corrected chi connectivity index (χ3v) is 4.96. The summed E-state index contributed by atoms with van der Waals surface area (Å²) in [6, 6.07) is 15.3. The third-order valence-electron chi connectivity index (χ3n) is 4.71. The van der Waals surface area contributed by atoms with E-state index < -0.39 is 5.97 Å². The molecule has 2 aromatic carbocycles. The fourth-order valence-electron chi connectivity index (χ4n) is 3.02. The maximum atomic E-state index is 11.8. The topological polar surface area (TPSA) is 55.1 Å². The minimum Gasteiger partial charge on any atom is -0.478 e. The van der Waals surface area contributed by atoms with Crippen LogP contribution in [-0.2, 0) is 0 Å². The second-order valence-corrected chi connectivity index (χ2v) is 6.87. The number of hydrogen-bond donors (Lipinski definition) is 1. The largest absolute Gasteiger partial charge is 0.478 e. The molecule has 134 valence electrons. The van der Waals surface area contributed by atoms with Gasteiger partial charge in [-0.2, -0.15) is 5.10 Å². The van der Waals surface area contributed by atoms with Gasteiger partial charge in [-0.1, -0.05) is 49.7 Å². The molecule has 0 saturated carbocycles. The highest BCUT2D eigenvalue weighted by Gasteiger charge is 2.23. The molecular weight excluding hydrogens is 348 g/mol. The molecule has 1 N–H and O–H groups in total. The molecule has 0 amide bonds. The van der Waals surface area contributed by atoms with Gasteiger partial charge in [-0.3, -0.25) is 0 Å². The Balaban J connectivity index is 2.17. The van der Waals surface area contributed by atoms with E-state index >= 15 is 0 Å². The first-order valence-corrected chi connectivity index (χ1v) is 8.99. The lowest BCUT2D eigenvalue weighted by Gasteiger charge is -2.12. The zero-order valence-electron chi connectivity index (χ0n) is 15.0. The maximum Gasteiger partial charge on any atom is 0.339 e. The van der Waals surface area contributed by atoms with E-state index in [1.807, 2.05) is 24.3 Å². The molecule has 1 heterocycles. The molecule has 1 unspecified atom stereocenters. The third kappa shape index (κ3) is 3.37. The quantitative estimate of drug-likeness (QED) is 0.627. The molecule has 0 radical (unpaired) electrons. The highest BCUT2D eigenvalue weighted by atomic mass is 35.5. The number of rotatable bonds is 5. The second-order valence-electron chi connectivity index (χ2n) is 6.43. The van der Waals surface area contributed by atoms with E-state index in [-0.39, 0.29) is 5.56 Å². The van der Waals surface area contributed by atoms with Gasteiger partial charge in [0.1, 0.15) is 5.56 Å². The van der Waals surface area contributed by atoms with Crippen LogP contribution in [-0.4, -0.2) is 20.9 Å². The van der Waals surface area contributed by atoms with Crippen molar-refractivity contribution < 1.29 is 9.90 Å². The Morgan fingerprint density at radius 1 is 1.15 bits per heavy atom. The molecule has 26 heavy (non-hydrogen) atoms. The standard InChI is InChI=1S/C21H21ClN2O2/c1-4-13(2)15-7-11-18(12-8-15)24-20(16-5-9-17(22)10-6-16)19(21(25)26)14(3)23-24/h5-13H,4H2,1-3H3,(H,25,26). The van der Waals surface area contributed by atoms with Crippen LogP contribution >= 0.6 is 11.6 Å². The summed E-state index contributed by atoms with van der Waals surface area (Å²) < 4.78 is 1.70. The average molecular weight is 369 g/mol. The molecule has 3 aromatic rings. The minimum atomic E-state index is -0.991. The Labute approximate surface area is 158 Å². The molecule has 0 saturated heterocycles. The van der Waals surface area contributed by atoms with Crippen molar-refractivity contribution in [2.75, 3.05) is 0 Å². The number of aryl methyl sites for hydroxylation is 1. The molecule has 0 bridgehead atoms. The van der Waals surface area contributed by atoms with Crippen molar-refractivity contribution in [2.45, 2.75) is 33.1 Å². The monoisotopic (exact) mass is 368 g/mol. The summed E-state index contributed by atoms with van der Waals surface area (Å²) in [7, 11) is 0. The molecule has 0 aliphatic rings. The predicted octanol–water partition coefficient (Wildman–Crippen LogP) is 5.71. The number of nitrogens with zero attached hydrogens (tertiary/aromatic N) is 2. The average Bonchev–Trinajstić information content (AvgIpc) is 2.99. The van der Waals surface area contributed by atoms with Crippen LogP contribution in [0.15, 0.2) is 48.5 Å². The zero-order valence-corrected chi connectivity index (χ0v) is 15.8. The van der Waals surface area contributed by atoms with Gasteiger partial charge in [0.2, 0.25) is 0 Å². The number of hydrogen-bond acceptors (Lipinski definition) is 2. The van der Waals surface area contributed by atoms with Crippen LogP contribution in [0.25, 0.3) is 16.9 Å². The van der Waals surface area contributed by atoms with Gasteiger partial charge in [0, 0.05) is 10.6 Å². The van der Waals surface area contributed by atoms with Crippen LogP contribution in [0.3, 0.4) is 0 Å². The fraction of sp³-hybridized carbons (Fsp3) is 0.238. The lowest BCUT2D eigenvalue weighted by molar-refractivity contribution is 0.0697. The second kappa shape index (κ2) is 7.34. The summed E-state index contributed by atoms with van der Waals surface area (Å²) in [5.41, 5.74) is 4.09. The van der Waals surface area contributed by atoms with E-state index in [0.29, 0.717) is 22.3 Å². The molecule has 1 aromatic heterocycles. The van der Waals surface area contributed by atoms with E-state index in [2.05, 4.69) is 31.1 Å². The molecule has 3 rings (SSSR count). The Bertz CT molecular complexity index is 928. The van der Waals surface area contributed by atoms with Crippen LogP contribution in [0.5, 0.6) is 0 Å². The maximum absolute atomic E-state index is 11.8. The highest BCUT2D eigenvalue weighted by Crippen LogP contribution is 2.30. The van der Waals surface area contributed by atoms with Crippen molar-refractivity contribution in [3.05, 3.63) is 70.4 Å². The van der Waals surface area contributed by atoms with Gasteiger partial charge < -0.3 is 5.11 Å². The Kier molecular flexibility index (Phi) is 5.14. The Hall–Kier alpha value is -2.59. The Morgan fingerprint density at radius 3 is 2.31 bits per heavy atom. The summed E-state index contributed by atoms with van der Waals surface area (Å²) in [6.45, 7) is 6.06. The summed E-state index contributed by atoms with van der Waals surface area (Å²) in [4.78, 5) is 11.8. The van der Waals surface area contributed by atoms with Crippen molar-refractivity contribution in [3.63, 3.8) is 0 Å². The SMILES string of the molecule is CCC(C)c1ccc(-n2nc(C)c(C(=O)O)c2-c2ccc(Cl)cc2)cc1. The van der Waals surface area contributed by atoms with E-state index in [9.17, 15) is 9.90 Å². The first kappa shape index (κ1) is 18.2. The predicted molar refractivity (Wildman–Crippen MR) is 104 cm³/mol. The number of halogens is 1. The Morgan fingerprint density at radius 2 is 1.77 bits per heavy atom. The number of aromatic carboxylic acids is 1. The minimum absolute atomic E-state index is 0.207. The molecule has 4 nitrogen and oxygen atoms in total. The van der Waals surface area contributed by atoms with E-state index in [1.165, 1.54) is 5.56 Å². The molecule has 5 heteroatoms. The molecule has 1 atom stereocenters. The van der Waals surface area contributed by atoms with Crippen molar-refractivity contribution in [3.8, 4) is 16.9 Å². The molecular formula is C21H21ClN2O2. The summed E-state index contributed by atoms with van der Waals surface area (Å²) in [6.07, 6.45) is 1.07. The molecule has 0 aliphatic heterocycles. The van der Waals surface area contributed by atoms with E-state index in [4.69, 9.17) is 11.6 Å². The van der Waals surface area contributed by atoms with Gasteiger partial charge in [0.05, 0.1) is 17.1 Å². The number of carbonyl (C=O) groups is 1. The first-order chi connectivity index (χ1) is 12.4. The van der Waals surface area contributed by atoms with Crippen LogP contribution < -0.4 is 0 Å². The molecule has 0 aliphatic carbocycles. The summed E-state index contributed by atoms with van der Waals surface area (Å²) in [5.74, 6) is -0.511. The van der Waals surface area contributed by atoms with Crippen LogP contribution in [0.2, 0.25) is 5.02 Å². The highest BCUT2D eigenvalue weighted by molar-refractivity contribution is 6.30. The number of benzene rings is 2. The molecule has 0 fully saturated rings. The number of carboxylic acids is 1. The zero-order chi connectivity index (χ0) is 18.8. The fourth-order valence-corrected chi connectivity index (χ4v) is 3.15.